The average molecular weight is 290 g/mol. The summed E-state index contributed by atoms with van der Waals surface area (Å²) in [5.74, 6) is 0.113. The molecule has 0 saturated carbocycles. The van der Waals surface area contributed by atoms with E-state index in [1.807, 2.05) is 6.92 Å². The summed E-state index contributed by atoms with van der Waals surface area (Å²) in [6.07, 6.45) is 0. The van der Waals surface area contributed by atoms with E-state index in [9.17, 15) is 4.39 Å². The fourth-order valence-corrected chi connectivity index (χ4v) is 3.96. The summed E-state index contributed by atoms with van der Waals surface area (Å²) < 4.78 is 14.0. The minimum Gasteiger partial charge on any atom is -0.366 e. The SMILES string of the molecule is Cc1nc2c(s1)[C@H](C)N(C)c1c-2cc(F)cc1C(C)C. The van der Waals surface area contributed by atoms with Crippen molar-refractivity contribution < 1.29 is 4.39 Å². The molecule has 2 heterocycles. The Kier molecular flexibility index (Phi) is 3.09. The fourth-order valence-electron chi connectivity index (χ4n) is 2.92. The van der Waals surface area contributed by atoms with Gasteiger partial charge in [-0.1, -0.05) is 13.8 Å². The first kappa shape index (κ1) is 13.6. The van der Waals surface area contributed by atoms with Crippen LogP contribution in [-0.2, 0) is 0 Å². The van der Waals surface area contributed by atoms with E-state index >= 15 is 0 Å². The largest absolute Gasteiger partial charge is 0.366 e. The standard InChI is InChI=1S/C16H19FN2S/c1-8(2)12-6-11(17)7-13-14-16(20-10(4)18-14)9(3)19(5)15(12)13/h6-9H,1-5H3/t9-/m0/s1. The normalized spacial score (nSPS) is 17.4. The van der Waals surface area contributed by atoms with E-state index < -0.39 is 0 Å². The lowest BCUT2D eigenvalue weighted by Crippen LogP contribution is -2.27. The Balaban J connectivity index is 2.36. The highest BCUT2D eigenvalue weighted by molar-refractivity contribution is 7.12. The zero-order valence-corrected chi connectivity index (χ0v) is 13.3. The van der Waals surface area contributed by atoms with Gasteiger partial charge in [0.2, 0.25) is 0 Å². The van der Waals surface area contributed by atoms with Gasteiger partial charge in [-0.25, -0.2) is 9.37 Å². The lowest BCUT2D eigenvalue weighted by molar-refractivity contribution is 0.621. The maximum absolute atomic E-state index is 14.0. The van der Waals surface area contributed by atoms with Crippen molar-refractivity contribution in [2.45, 2.75) is 39.7 Å². The number of rotatable bonds is 1. The summed E-state index contributed by atoms with van der Waals surface area (Å²) >= 11 is 1.71. The third-order valence-corrected chi connectivity index (χ3v) is 5.20. The van der Waals surface area contributed by atoms with Gasteiger partial charge in [-0.15, -0.1) is 11.3 Å². The molecule has 0 unspecified atom stereocenters. The molecule has 0 fully saturated rings. The van der Waals surface area contributed by atoms with Crippen molar-refractivity contribution in [2.75, 3.05) is 11.9 Å². The Morgan fingerprint density at radius 1 is 1.35 bits per heavy atom. The predicted octanol–water partition coefficient (Wildman–Crippen LogP) is 4.89. The highest BCUT2D eigenvalue weighted by Gasteiger charge is 2.31. The molecule has 0 saturated heterocycles. The van der Waals surface area contributed by atoms with Crippen LogP contribution in [0.5, 0.6) is 0 Å². The molecule has 0 amide bonds. The highest BCUT2D eigenvalue weighted by atomic mass is 32.1. The Hall–Kier alpha value is -1.42. The van der Waals surface area contributed by atoms with Crippen molar-refractivity contribution in [1.82, 2.24) is 4.98 Å². The molecule has 2 nitrogen and oxygen atoms in total. The molecule has 0 spiro atoms. The minimum atomic E-state index is -0.174. The van der Waals surface area contributed by atoms with Gasteiger partial charge in [-0.3, -0.25) is 0 Å². The van der Waals surface area contributed by atoms with Gasteiger partial charge < -0.3 is 4.90 Å². The molecule has 20 heavy (non-hydrogen) atoms. The highest BCUT2D eigenvalue weighted by Crippen LogP contribution is 2.48. The first-order chi connectivity index (χ1) is 9.40. The zero-order chi connectivity index (χ0) is 14.6. The van der Waals surface area contributed by atoms with Crippen molar-refractivity contribution >= 4 is 17.0 Å². The smallest absolute Gasteiger partial charge is 0.124 e. The number of aromatic nitrogens is 1. The lowest BCUT2D eigenvalue weighted by Gasteiger charge is -2.35. The second-order valence-corrected chi connectivity index (χ2v) is 7.01. The van der Waals surface area contributed by atoms with Crippen molar-refractivity contribution in [3.05, 3.63) is 33.4 Å². The fraction of sp³-hybridized carbons (Fsp3) is 0.438. The van der Waals surface area contributed by atoms with Crippen LogP contribution in [0, 0.1) is 12.7 Å². The first-order valence-electron chi connectivity index (χ1n) is 6.94. The Labute approximate surface area is 123 Å². The van der Waals surface area contributed by atoms with Gasteiger partial charge in [0, 0.05) is 12.6 Å². The van der Waals surface area contributed by atoms with Gasteiger partial charge >= 0.3 is 0 Å². The van der Waals surface area contributed by atoms with Gasteiger partial charge in [0.25, 0.3) is 0 Å². The number of hydrogen-bond acceptors (Lipinski definition) is 3. The maximum atomic E-state index is 14.0. The number of anilines is 1. The van der Waals surface area contributed by atoms with E-state index in [-0.39, 0.29) is 17.8 Å². The predicted molar refractivity (Wildman–Crippen MR) is 83.2 cm³/mol. The van der Waals surface area contributed by atoms with Crippen molar-refractivity contribution in [3.63, 3.8) is 0 Å². The van der Waals surface area contributed by atoms with Crippen LogP contribution in [0.1, 0.15) is 48.2 Å². The molecule has 1 atom stereocenters. The number of aryl methyl sites for hydroxylation is 1. The second kappa shape index (κ2) is 4.55. The molecule has 3 rings (SSSR count). The van der Waals surface area contributed by atoms with E-state index in [2.05, 4.69) is 37.7 Å². The summed E-state index contributed by atoms with van der Waals surface area (Å²) in [5, 5.41) is 1.04. The van der Waals surface area contributed by atoms with E-state index in [0.717, 1.165) is 27.5 Å². The average Bonchev–Trinajstić information content (AvgIpc) is 2.77. The van der Waals surface area contributed by atoms with Crippen LogP contribution < -0.4 is 4.90 Å². The van der Waals surface area contributed by atoms with Gasteiger partial charge in [0.1, 0.15) is 5.82 Å². The number of thiazole rings is 1. The quantitative estimate of drug-likeness (QED) is 0.743. The molecule has 4 heteroatoms. The van der Waals surface area contributed by atoms with Crippen molar-refractivity contribution in [3.8, 4) is 11.3 Å². The maximum Gasteiger partial charge on any atom is 0.124 e. The molecule has 1 aromatic carbocycles. The zero-order valence-electron chi connectivity index (χ0n) is 12.5. The Morgan fingerprint density at radius 2 is 2.05 bits per heavy atom. The molecule has 0 radical (unpaired) electrons. The summed E-state index contributed by atoms with van der Waals surface area (Å²) in [6, 6.07) is 3.57. The molecule has 0 aliphatic carbocycles. The van der Waals surface area contributed by atoms with Crippen LogP contribution in [0.15, 0.2) is 12.1 Å². The van der Waals surface area contributed by atoms with Crippen molar-refractivity contribution in [2.24, 2.45) is 0 Å². The number of hydrogen-bond donors (Lipinski definition) is 0. The van der Waals surface area contributed by atoms with E-state index in [1.54, 1.807) is 23.5 Å². The van der Waals surface area contributed by atoms with E-state index in [1.165, 1.54) is 4.88 Å². The van der Waals surface area contributed by atoms with Gasteiger partial charge in [0.05, 0.1) is 27.3 Å². The number of fused-ring (bicyclic) bond motifs is 3. The van der Waals surface area contributed by atoms with Gasteiger partial charge in [-0.2, -0.15) is 0 Å². The monoisotopic (exact) mass is 290 g/mol. The summed E-state index contributed by atoms with van der Waals surface area (Å²) in [5.41, 5.74) is 4.10. The number of nitrogens with zero attached hydrogens (tertiary/aromatic N) is 2. The number of halogens is 1. The second-order valence-electron chi connectivity index (χ2n) is 5.78. The number of benzene rings is 1. The molecule has 1 aliphatic heterocycles. The van der Waals surface area contributed by atoms with E-state index in [4.69, 9.17) is 0 Å². The Bertz CT molecular complexity index is 675. The van der Waals surface area contributed by atoms with Crippen LogP contribution in [-0.4, -0.2) is 12.0 Å². The van der Waals surface area contributed by atoms with Crippen LogP contribution in [0.4, 0.5) is 10.1 Å². The molecule has 0 bridgehead atoms. The molecule has 106 valence electrons. The van der Waals surface area contributed by atoms with Gasteiger partial charge in [-0.05, 0) is 37.5 Å². The molecule has 1 aliphatic rings. The van der Waals surface area contributed by atoms with Crippen LogP contribution >= 0.6 is 11.3 Å². The van der Waals surface area contributed by atoms with Crippen LogP contribution in [0.3, 0.4) is 0 Å². The third kappa shape index (κ3) is 1.85. The summed E-state index contributed by atoms with van der Waals surface area (Å²) in [7, 11) is 2.09. The molecular formula is C16H19FN2S. The van der Waals surface area contributed by atoms with Crippen LogP contribution in [0.2, 0.25) is 0 Å². The molecule has 2 aromatic rings. The lowest BCUT2D eigenvalue weighted by atomic mass is 9.91. The Morgan fingerprint density at radius 3 is 2.70 bits per heavy atom. The van der Waals surface area contributed by atoms with Gasteiger partial charge in [0.15, 0.2) is 0 Å². The van der Waals surface area contributed by atoms with E-state index in [0.29, 0.717) is 0 Å². The molecular weight excluding hydrogens is 271 g/mol. The van der Waals surface area contributed by atoms with Crippen molar-refractivity contribution in [1.29, 1.82) is 0 Å². The summed E-state index contributed by atoms with van der Waals surface area (Å²) in [6.45, 7) is 8.41. The summed E-state index contributed by atoms with van der Waals surface area (Å²) in [4.78, 5) is 8.13. The topological polar surface area (TPSA) is 16.1 Å². The molecule has 1 aromatic heterocycles. The third-order valence-electron chi connectivity index (χ3n) is 4.05. The first-order valence-corrected chi connectivity index (χ1v) is 7.75. The molecule has 0 N–H and O–H groups in total. The van der Waals surface area contributed by atoms with Crippen LogP contribution in [0.25, 0.3) is 11.3 Å². The minimum absolute atomic E-state index is 0.174.